The fraction of sp³-hybridized carbons (Fsp3) is 0.222. The SMILES string of the molecule is COc1cccc(SCC(=O)NN)c1. The molecule has 1 aromatic carbocycles. The Morgan fingerprint density at radius 2 is 2.43 bits per heavy atom. The minimum absolute atomic E-state index is 0.196. The molecule has 1 rings (SSSR count). The number of hydrogen-bond acceptors (Lipinski definition) is 4. The lowest BCUT2D eigenvalue weighted by Crippen LogP contribution is -2.31. The summed E-state index contributed by atoms with van der Waals surface area (Å²) in [5.41, 5.74) is 2.07. The number of thioether (sulfide) groups is 1. The average molecular weight is 212 g/mol. The molecule has 1 amide bonds. The maximum Gasteiger partial charge on any atom is 0.244 e. The predicted octanol–water partition coefficient (Wildman–Crippen LogP) is 0.777. The first-order valence-electron chi connectivity index (χ1n) is 4.02. The Morgan fingerprint density at radius 3 is 3.07 bits per heavy atom. The van der Waals surface area contributed by atoms with Crippen LogP contribution in [0.15, 0.2) is 29.2 Å². The van der Waals surface area contributed by atoms with Gasteiger partial charge in [-0.3, -0.25) is 10.2 Å². The number of carbonyl (C=O) groups excluding carboxylic acids is 1. The highest BCUT2D eigenvalue weighted by atomic mass is 32.2. The molecule has 0 unspecified atom stereocenters. The molecule has 0 bridgehead atoms. The van der Waals surface area contributed by atoms with Crippen molar-refractivity contribution in [2.24, 2.45) is 5.84 Å². The van der Waals surface area contributed by atoms with Crippen molar-refractivity contribution in [3.8, 4) is 5.75 Å². The first kappa shape index (κ1) is 10.9. The summed E-state index contributed by atoms with van der Waals surface area (Å²) in [5.74, 6) is 5.85. The lowest BCUT2D eigenvalue weighted by Gasteiger charge is -2.03. The normalized spacial score (nSPS) is 9.57. The molecule has 4 nitrogen and oxygen atoms in total. The van der Waals surface area contributed by atoms with Crippen LogP contribution >= 0.6 is 11.8 Å². The molecule has 0 aliphatic heterocycles. The van der Waals surface area contributed by atoms with Crippen LogP contribution in [-0.4, -0.2) is 18.8 Å². The lowest BCUT2D eigenvalue weighted by molar-refractivity contribution is -0.118. The minimum atomic E-state index is -0.196. The van der Waals surface area contributed by atoms with E-state index in [9.17, 15) is 4.79 Å². The van der Waals surface area contributed by atoms with Crippen LogP contribution in [0.5, 0.6) is 5.75 Å². The van der Waals surface area contributed by atoms with Crippen LogP contribution in [0.1, 0.15) is 0 Å². The largest absolute Gasteiger partial charge is 0.497 e. The van der Waals surface area contributed by atoms with Gasteiger partial charge in [-0.05, 0) is 18.2 Å². The average Bonchev–Trinajstić information content (AvgIpc) is 2.26. The third-order valence-electron chi connectivity index (χ3n) is 1.57. The number of benzene rings is 1. The van der Waals surface area contributed by atoms with Crippen LogP contribution in [0.25, 0.3) is 0 Å². The molecule has 0 radical (unpaired) electrons. The second-order valence-corrected chi connectivity index (χ2v) is 3.58. The molecule has 0 aromatic heterocycles. The third-order valence-corrected chi connectivity index (χ3v) is 2.57. The zero-order valence-corrected chi connectivity index (χ0v) is 8.64. The van der Waals surface area contributed by atoms with Gasteiger partial charge in [-0.2, -0.15) is 0 Å². The van der Waals surface area contributed by atoms with Crippen LogP contribution in [-0.2, 0) is 4.79 Å². The van der Waals surface area contributed by atoms with Gasteiger partial charge in [0.2, 0.25) is 5.91 Å². The molecule has 0 spiro atoms. The van der Waals surface area contributed by atoms with E-state index in [0.717, 1.165) is 10.6 Å². The van der Waals surface area contributed by atoms with Crippen molar-refractivity contribution in [2.45, 2.75) is 4.90 Å². The van der Waals surface area contributed by atoms with E-state index in [0.29, 0.717) is 5.75 Å². The van der Waals surface area contributed by atoms with Gasteiger partial charge in [-0.1, -0.05) is 6.07 Å². The molecule has 0 aliphatic rings. The summed E-state index contributed by atoms with van der Waals surface area (Å²) in [6.45, 7) is 0. The van der Waals surface area contributed by atoms with Gasteiger partial charge in [-0.15, -0.1) is 11.8 Å². The first-order valence-corrected chi connectivity index (χ1v) is 5.01. The molecule has 0 saturated heterocycles. The fourth-order valence-electron chi connectivity index (χ4n) is 0.882. The van der Waals surface area contributed by atoms with E-state index >= 15 is 0 Å². The Balaban J connectivity index is 2.54. The smallest absolute Gasteiger partial charge is 0.244 e. The Hall–Kier alpha value is -1.20. The van der Waals surface area contributed by atoms with Crippen molar-refractivity contribution < 1.29 is 9.53 Å². The maximum atomic E-state index is 10.9. The van der Waals surface area contributed by atoms with Crippen LogP contribution in [0, 0.1) is 0 Å². The number of methoxy groups -OCH3 is 1. The van der Waals surface area contributed by atoms with Gasteiger partial charge >= 0.3 is 0 Å². The quantitative estimate of drug-likeness (QED) is 0.335. The van der Waals surface area contributed by atoms with Gasteiger partial charge in [0.05, 0.1) is 12.9 Å². The standard InChI is InChI=1S/C9H12N2O2S/c1-13-7-3-2-4-8(5-7)14-6-9(12)11-10/h2-5H,6,10H2,1H3,(H,11,12). The Kier molecular flexibility index (Phi) is 4.28. The molecular formula is C9H12N2O2S. The van der Waals surface area contributed by atoms with Crippen LogP contribution in [0.3, 0.4) is 0 Å². The molecule has 0 aliphatic carbocycles. The van der Waals surface area contributed by atoms with Crippen molar-refractivity contribution in [2.75, 3.05) is 12.9 Å². The number of nitrogens with one attached hydrogen (secondary N) is 1. The van der Waals surface area contributed by atoms with Crippen LogP contribution in [0.4, 0.5) is 0 Å². The molecule has 0 heterocycles. The molecule has 14 heavy (non-hydrogen) atoms. The third kappa shape index (κ3) is 3.27. The maximum absolute atomic E-state index is 10.9. The Bertz CT molecular complexity index is 317. The second kappa shape index (κ2) is 5.51. The molecule has 1 aromatic rings. The number of rotatable bonds is 4. The topological polar surface area (TPSA) is 64.3 Å². The summed E-state index contributed by atoms with van der Waals surface area (Å²) >= 11 is 1.41. The second-order valence-electron chi connectivity index (χ2n) is 2.54. The summed E-state index contributed by atoms with van der Waals surface area (Å²) in [6.07, 6.45) is 0. The first-order chi connectivity index (χ1) is 6.76. The molecule has 0 fully saturated rings. The van der Waals surface area contributed by atoms with Gasteiger partial charge in [0.25, 0.3) is 0 Å². The molecule has 3 N–H and O–H groups in total. The van der Waals surface area contributed by atoms with Gasteiger partial charge in [0.15, 0.2) is 0 Å². The highest BCUT2D eigenvalue weighted by molar-refractivity contribution is 8.00. The van der Waals surface area contributed by atoms with Crippen LogP contribution < -0.4 is 16.0 Å². The Morgan fingerprint density at radius 1 is 1.64 bits per heavy atom. The molecule has 76 valence electrons. The van der Waals surface area contributed by atoms with E-state index in [2.05, 4.69) is 5.43 Å². The van der Waals surface area contributed by atoms with Gasteiger partial charge in [0, 0.05) is 4.90 Å². The molecule has 5 heteroatoms. The van der Waals surface area contributed by atoms with Crippen molar-refractivity contribution in [1.29, 1.82) is 0 Å². The zero-order chi connectivity index (χ0) is 10.4. The number of hydrogen-bond donors (Lipinski definition) is 2. The molecule has 0 atom stereocenters. The highest BCUT2D eigenvalue weighted by Crippen LogP contribution is 2.22. The van der Waals surface area contributed by atoms with Crippen molar-refractivity contribution >= 4 is 17.7 Å². The summed E-state index contributed by atoms with van der Waals surface area (Å²) in [5, 5.41) is 0. The number of ether oxygens (including phenoxy) is 1. The number of carbonyl (C=O) groups is 1. The van der Waals surface area contributed by atoms with Crippen molar-refractivity contribution in [1.82, 2.24) is 5.43 Å². The van der Waals surface area contributed by atoms with Crippen molar-refractivity contribution in [3.05, 3.63) is 24.3 Å². The predicted molar refractivity (Wildman–Crippen MR) is 56.0 cm³/mol. The fourth-order valence-corrected chi connectivity index (χ4v) is 1.64. The van der Waals surface area contributed by atoms with Crippen LogP contribution in [0.2, 0.25) is 0 Å². The summed E-state index contributed by atoms with van der Waals surface area (Å²) in [6, 6.07) is 7.51. The van der Waals surface area contributed by atoms with E-state index in [-0.39, 0.29) is 5.91 Å². The summed E-state index contributed by atoms with van der Waals surface area (Å²) < 4.78 is 5.05. The van der Waals surface area contributed by atoms with E-state index in [4.69, 9.17) is 10.6 Å². The molecular weight excluding hydrogens is 200 g/mol. The van der Waals surface area contributed by atoms with E-state index < -0.39 is 0 Å². The van der Waals surface area contributed by atoms with Gasteiger partial charge < -0.3 is 4.74 Å². The number of amides is 1. The van der Waals surface area contributed by atoms with Crippen molar-refractivity contribution in [3.63, 3.8) is 0 Å². The molecule has 0 saturated carbocycles. The summed E-state index contributed by atoms with van der Waals surface area (Å²) in [4.78, 5) is 11.8. The van der Waals surface area contributed by atoms with E-state index in [1.54, 1.807) is 7.11 Å². The number of nitrogens with two attached hydrogens (primary N) is 1. The van der Waals surface area contributed by atoms with E-state index in [1.807, 2.05) is 24.3 Å². The van der Waals surface area contributed by atoms with Gasteiger partial charge in [0.1, 0.15) is 5.75 Å². The van der Waals surface area contributed by atoms with Gasteiger partial charge in [-0.25, -0.2) is 5.84 Å². The zero-order valence-electron chi connectivity index (χ0n) is 7.82. The highest BCUT2D eigenvalue weighted by Gasteiger charge is 2.01. The van der Waals surface area contributed by atoms with E-state index in [1.165, 1.54) is 11.8 Å². The number of hydrazine groups is 1. The monoisotopic (exact) mass is 212 g/mol. The minimum Gasteiger partial charge on any atom is -0.497 e. The summed E-state index contributed by atoms with van der Waals surface area (Å²) in [7, 11) is 1.61. The lowest BCUT2D eigenvalue weighted by atomic mass is 10.3. The Labute approximate surface area is 86.8 Å².